The van der Waals surface area contributed by atoms with Crippen LogP contribution in [0, 0.1) is 13.8 Å². The van der Waals surface area contributed by atoms with Crippen molar-refractivity contribution in [1.82, 2.24) is 10.2 Å². The Morgan fingerprint density at radius 3 is 2.83 bits per heavy atom. The van der Waals surface area contributed by atoms with E-state index in [0.717, 1.165) is 25.8 Å². The predicted molar refractivity (Wildman–Crippen MR) is 51.9 cm³/mol. The fraction of sp³-hybridized carbons (Fsp3) is 0.250. The van der Waals surface area contributed by atoms with Gasteiger partial charge >= 0.3 is 0 Å². The highest BCUT2D eigenvalue weighted by atomic mass is 35.5. The van der Waals surface area contributed by atoms with Crippen LogP contribution in [0.5, 0.6) is 0 Å². The summed E-state index contributed by atoms with van der Waals surface area (Å²) >= 11 is 7.43. The first-order valence-electron chi connectivity index (χ1n) is 3.57. The summed E-state index contributed by atoms with van der Waals surface area (Å²) in [5.74, 6) is 0. The first-order valence-corrected chi connectivity index (χ1v) is 4.77. The van der Waals surface area contributed by atoms with Crippen molar-refractivity contribution in [2.75, 3.05) is 0 Å². The second kappa shape index (κ2) is 2.68. The second-order valence-corrected chi connectivity index (χ2v) is 4.31. The van der Waals surface area contributed by atoms with Crippen LogP contribution in [0.15, 0.2) is 6.07 Å². The van der Waals surface area contributed by atoms with Gasteiger partial charge in [-0.25, -0.2) is 0 Å². The minimum atomic E-state index is 0.810. The molecular formula is C8H7ClN2S. The minimum Gasteiger partial charge on any atom is -0.155 e. The monoisotopic (exact) mass is 198 g/mol. The van der Waals surface area contributed by atoms with Crippen molar-refractivity contribution < 1.29 is 0 Å². The van der Waals surface area contributed by atoms with Crippen LogP contribution in [0.4, 0.5) is 0 Å². The number of rotatable bonds is 0. The molecule has 12 heavy (non-hydrogen) atoms. The molecule has 0 radical (unpaired) electrons. The van der Waals surface area contributed by atoms with E-state index in [0.29, 0.717) is 0 Å². The normalized spacial score (nSPS) is 10.9. The fourth-order valence-electron chi connectivity index (χ4n) is 1.09. The molecule has 2 heterocycles. The highest BCUT2D eigenvalue weighted by molar-refractivity contribution is 7.22. The van der Waals surface area contributed by atoms with Crippen molar-refractivity contribution in [3.8, 4) is 0 Å². The molecule has 0 N–H and O–H groups in total. The van der Waals surface area contributed by atoms with Gasteiger partial charge in [0, 0.05) is 5.39 Å². The Kier molecular flexibility index (Phi) is 1.77. The number of aromatic nitrogens is 2. The van der Waals surface area contributed by atoms with Crippen LogP contribution in [0.25, 0.3) is 10.2 Å². The third-order valence-corrected chi connectivity index (χ3v) is 3.26. The molecule has 0 unspecified atom stereocenters. The van der Waals surface area contributed by atoms with Gasteiger partial charge in [0.25, 0.3) is 0 Å². The molecule has 0 atom stereocenters. The average Bonchev–Trinajstić information content (AvgIpc) is 2.31. The lowest BCUT2D eigenvalue weighted by Crippen LogP contribution is -1.84. The van der Waals surface area contributed by atoms with Crippen molar-refractivity contribution in [1.29, 1.82) is 0 Å². The zero-order chi connectivity index (χ0) is 8.72. The lowest BCUT2D eigenvalue weighted by atomic mass is 10.2. The van der Waals surface area contributed by atoms with Crippen LogP contribution in [-0.4, -0.2) is 10.2 Å². The molecule has 0 aliphatic rings. The van der Waals surface area contributed by atoms with E-state index in [-0.39, 0.29) is 0 Å². The standard InChI is InChI=1S/C8H7ClN2S/c1-4-3-6-5(2)7(9)12-8(6)11-10-4/h3H,1-2H3. The third-order valence-electron chi connectivity index (χ3n) is 1.77. The summed E-state index contributed by atoms with van der Waals surface area (Å²) in [6, 6.07) is 2.01. The second-order valence-electron chi connectivity index (χ2n) is 2.71. The van der Waals surface area contributed by atoms with Crippen molar-refractivity contribution in [3.63, 3.8) is 0 Å². The average molecular weight is 199 g/mol. The van der Waals surface area contributed by atoms with E-state index in [1.165, 1.54) is 11.3 Å². The van der Waals surface area contributed by atoms with Crippen LogP contribution >= 0.6 is 22.9 Å². The van der Waals surface area contributed by atoms with E-state index in [2.05, 4.69) is 10.2 Å². The van der Waals surface area contributed by atoms with Crippen LogP contribution in [0.2, 0.25) is 4.34 Å². The maximum absolute atomic E-state index is 5.96. The predicted octanol–water partition coefficient (Wildman–Crippen LogP) is 2.96. The molecule has 0 saturated carbocycles. The van der Waals surface area contributed by atoms with Gasteiger partial charge in [0.05, 0.1) is 10.0 Å². The maximum atomic E-state index is 5.96. The summed E-state index contributed by atoms with van der Waals surface area (Å²) in [5, 5.41) is 9.13. The van der Waals surface area contributed by atoms with E-state index in [1.807, 2.05) is 19.9 Å². The largest absolute Gasteiger partial charge is 0.155 e. The number of fused-ring (bicyclic) bond motifs is 1. The van der Waals surface area contributed by atoms with Gasteiger partial charge in [0.1, 0.15) is 4.83 Å². The van der Waals surface area contributed by atoms with E-state index in [4.69, 9.17) is 11.6 Å². The summed E-state index contributed by atoms with van der Waals surface area (Å²) < 4.78 is 0.810. The first kappa shape index (κ1) is 7.95. The summed E-state index contributed by atoms with van der Waals surface area (Å²) in [7, 11) is 0. The van der Waals surface area contributed by atoms with Crippen molar-refractivity contribution in [2.45, 2.75) is 13.8 Å². The molecule has 0 spiro atoms. The zero-order valence-corrected chi connectivity index (χ0v) is 8.33. The van der Waals surface area contributed by atoms with Crippen molar-refractivity contribution in [3.05, 3.63) is 21.7 Å². The number of nitrogens with zero attached hydrogens (tertiary/aromatic N) is 2. The highest BCUT2D eigenvalue weighted by Crippen LogP contribution is 2.32. The van der Waals surface area contributed by atoms with E-state index < -0.39 is 0 Å². The van der Waals surface area contributed by atoms with Crippen LogP contribution in [0.1, 0.15) is 11.3 Å². The van der Waals surface area contributed by atoms with E-state index >= 15 is 0 Å². The van der Waals surface area contributed by atoms with Gasteiger partial charge < -0.3 is 0 Å². The Morgan fingerprint density at radius 1 is 1.33 bits per heavy atom. The van der Waals surface area contributed by atoms with Crippen LogP contribution in [0.3, 0.4) is 0 Å². The quantitative estimate of drug-likeness (QED) is 0.651. The molecule has 2 rings (SSSR count). The molecule has 0 aliphatic heterocycles. The SMILES string of the molecule is Cc1cc2c(C)c(Cl)sc2nn1. The number of halogens is 1. The van der Waals surface area contributed by atoms with Gasteiger partial charge in [-0.15, -0.1) is 16.4 Å². The van der Waals surface area contributed by atoms with E-state index in [9.17, 15) is 0 Å². The van der Waals surface area contributed by atoms with Crippen molar-refractivity contribution >= 4 is 33.2 Å². The van der Waals surface area contributed by atoms with Gasteiger partial charge in [-0.2, -0.15) is 5.10 Å². The molecule has 0 fully saturated rings. The topological polar surface area (TPSA) is 25.8 Å². The summed E-state index contributed by atoms with van der Waals surface area (Å²) in [6.07, 6.45) is 0. The Morgan fingerprint density at radius 2 is 2.08 bits per heavy atom. The molecule has 2 aromatic heterocycles. The molecular weight excluding hydrogens is 192 g/mol. The number of hydrogen-bond acceptors (Lipinski definition) is 3. The minimum absolute atomic E-state index is 0.810. The molecule has 4 heteroatoms. The first-order chi connectivity index (χ1) is 5.68. The molecule has 2 aromatic rings. The van der Waals surface area contributed by atoms with Gasteiger partial charge in [0.15, 0.2) is 0 Å². The van der Waals surface area contributed by atoms with Gasteiger partial charge in [-0.3, -0.25) is 0 Å². The molecule has 2 nitrogen and oxygen atoms in total. The molecule has 62 valence electrons. The molecule has 0 bridgehead atoms. The Hall–Kier alpha value is -0.670. The lowest BCUT2D eigenvalue weighted by Gasteiger charge is -1.91. The third kappa shape index (κ3) is 1.09. The van der Waals surface area contributed by atoms with Gasteiger partial charge in [-0.1, -0.05) is 11.6 Å². The lowest BCUT2D eigenvalue weighted by molar-refractivity contribution is 1.03. The van der Waals surface area contributed by atoms with Crippen molar-refractivity contribution in [2.24, 2.45) is 0 Å². The number of aryl methyl sites for hydroxylation is 2. The van der Waals surface area contributed by atoms with E-state index in [1.54, 1.807) is 0 Å². The number of hydrogen-bond donors (Lipinski definition) is 0. The zero-order valence-electron chi connectivity index (χ0n) is 6.76. The summed E-state index contributed by atoms with van der Waals surface area (Å²) in [6.45, 7) is 3.93. The van der Waals surface area contributed by atoms with Crippen LogP contribution < -0.4 is 0 Å². The summed E-state index contributed by atoms with van der Waals surface area (Å²) in [5.41, 5.74) is 2.04. The van der Waals surface area contributed by atoms with Gasteiger partial charge in [0.2, 0.25) is 0 Å². The molecule has 0 aliphatic carbocycles. The van der Waals surface area contributed by atoms with Gasteiger partial charge in [-0.05, 0) is 25.5 Å². The highest BCUT2D eigenvalue weighted by Gasteiger charge is 2.07. The van der Waals surface area contributed by atoms with Crippen LogP contribution in [-0.2, 0) is 0 Å². The molecule has 0 saturated heterocycles. The fourth-order valence-corrected chi connectivity index (χ4v) is 2.25. The number of thiophene rings is 1. The Bertz CT molecular complexity index is 436. The summed E-state index contributed by atoms with van der Waals surface area (Å²) in [4.78, 5) is 0.920. The maximum Gasteiger partial charge on any atom is 0.147 e. The molecule has 0 amide bonds. The smallest absolute Gasteiger partial charge is 0.147 e. The molecule has 0 aromatic carbocycles. The Balaban J connectivity index is 2.88. The Labute approximate surface area is 79.2 Å².